The SMILES string of the molecule is COC(=O)C1CCN(c2cccc(SC)c2C#N)C1. The van der Waals surface area contributed by atoms with Crippen molar-refractivity contribution in [2.45, 2.75) is 11.3 Å². The van der Waals surface area contributed by atoms with Crippen molar-refractivity contribution in [1.29, 1.82) is 5.26 Å². The number of rotatable bonds is 3. The first-order chi connectivity index (χ1) is 9.21. The van der Waals surface area contributed by atoms with E-state index in [-0.39, 0.29) is 11.9 Å². The van der Waals surface area contributed by atoms with Crippen LogP contribution in [-0.4, -0.2) is 32.4 Å². The molecule has 0 N–H and O–H groups in total. The van der Waals surface area contributed by atoms with Gasteiger partial charge in [-0.3, -0.25) is 4.79 Å². The predicted octanol–water partition coefficient (Wildman–Crippen LogP) is 2.28. The summed E-state index contributed by atoms with van der Waals surface area (Å²) in [7, 11) is 1.42. The zero-order valence-electron chi connectivity index (χ0n) is 11.0. The van der Waals surface area contributed by atoms with E-state index >= 15 is 0 Å². The van der Waals surface area contributed by atoms with Crippen molar-refractivity contribution in [2.24, 2.45) is 5.92 Å². The number of hydrogen-bond donors (Lipinski definition) is 0. The molecule has 0 saturated carbocycles. The lowest BCUT2D eigenvalue weighted by Gasteiger charge is -2.20. The molecule has 0 amide bonds. The van der Waals surface area contributed by atoms with E-state index in [1.54, 1.807) is 11.8 Å². The molecule has 1 aromatic rings. The average molecular weight is 276 g/mol. The van der Waals surface area contributed by atoms with Crippen LogP contribution in [0.4, 0.5) is 5.69 Å². The van der Waals surface area contributed by atoms with Gasteiger partial charge < -0.3 is 9.64 Å². The molecule has 4 nitrogen and oxygen atoms in total. The minimum Gasteiger partial charge on any atom is -0.469 e. The monoisotopic (exact) mass is 276 g/mol. The molecule has 1 aliphatic heterocycles. The molecule has 0 spiro atoms. The van der Waals surface area contributed by atoms with E-state index in [4.69, 9.17) is 4.74 Å². The van der Waals surface area contributed by atoms with Crippen LogP contribution in [0.3, 0.4) is 0 Å². The third kappa shape index (κ3) is 2.69. The van der Waals surface area contributed by atoms with Crippen LogP contribution in [0.5, 0.6) is 0 Å². The standard InChI is InChI=1S/C14H16N2O2S/c1-18-14(17)10-6-7-16(9-10)12-4-3-5-13(19-2)11(12)8-15/h3-5,10H,6-7,9H2,1-2H3. The molecule has 0 radical (unpaired) electrons. The highest BCUT2D eigenvalue weighted by molar-refractivity contribution is 7.98. The minimum atomic E-state index is -0.165. The van der Waals surface area contributed by atoms with E-state index in [2.05, 4.69) is 11.0 Å². The number of carbonyl (C=O) groups is 1. The molecule has 1 aliphatic rings. The Labute approximate surface area is 117 Å². The first-order valence-corrected chi connectivity index (χ1v) is 7.33. The van der Waals surface area contributed by atoms with Crippen molar-refractivity contribution in [1.82, 2.24) is 0 Å². The van der Waals surface area contributed by atoms with E-state index in [0.717, 1.165) is 23.5 Å². The second kappa shape index (κ2) is 5.98. The molecule has 19 heavy (non-hydrogen) atoms. The van der Waals surface area contributed by atoms with Gasteiger partial charge in [0.25, 0.3) is 0 Å². The van der Waals surface area contributed by atoms with E-state index < -0.39 is 0 Å². The Kier molecular flexibility index (Phi) is 4.33. The molecule has 2 rings (SSSR count). The van der Waals surface area contributed by atoms with Gasteiger partial charge in [-0.1, -0.05) is 6.07 Å². The second-order valence-electron chi connectivity index (χ2n) is 4.42. The van der Waals surface area contributed by atoms with Crippen LogP contribution in [0, 0.1) is 17.2 Å². The Hall–Kier alpha value is -1.67. The van der Waals surface area contributed by atoms with Crippen molar-refractivity contribution >= 4 is 23.4 Å². The maximum absolute atomic E-state index is 11.6. The maximum Gasteiger partial charge on any atom is 0.310 e. The molecule has 1 saturated heterocycles. The largest absolute Gasteiger partial charge is 0.469 e. The average Bonchev–Trinajstić information content (AvgIpc) is 2.95. The molecule has 1 atom stereocenters. The molecular formula is C14H16N2O2S. The number of esters is 1. The summed E-state index contributed by atoms with van der Waals surface area (Å²) in [6.07, 6.45) is 2.74. The van der Waals surface area contributed by atoms with Gasteiger partial charge in [0.1, 0.15) is 6.07 Å². The third-order valence-electron chi connectivity index (χ3n) is 3.40. The van der Waals surface area contributed by atoms with Crippen LogP contribution in [0.1, 0.15) is 12.0 Å². The summed E-state index contributed by atoms with van der Waals surface area (Å²) in [6, 6.07) is 8.11. The normalized spacial score (nSPS) is 18.2. The molecule has 100 valence electrons. The number of hydrogen-bond acceptors (Lipinski definition) is 5. The van der Waals surface area contributed by atoms with Crippen LogP contribution in [0.15, 0.2) is 23.1 Å². The molecule has 1 heterocycles. The van der Waals surface area contributed by atoms with Crippen LogP contribution in [0.25, 0.3) is 0 Å². The summed E-state index contributed by atoms with van der Waals surface area (Å²) in [6.45, 7) is 1.41. The van der Waals surface area contributed by atoms with Gasteiger partial charge in [0.05, 0.1) is 24.3 Å². The number of nitrogens with zero attached hydrogens (tertiary/aromatic N) is 2. The van der Waals surface area contributed by atoms with Gasteiger partial charge in [-0.25, -0.2) is 0 Å². The van der Waals surface area contributed by atoms with Crippen molar-refractivity contribution < 1.29 is 9.53 Å². The smallest absolute Gasteiger partial charge is 0.310 e. The first kappa shape index (κ1) is 13.8. The van der Waals surface area contributed by atoms with Gasteiger partial charge >= 0.3 is 5.97 Å². The lowest BCUT2D eigenvalue weighted by Crippen LogP contribution is -2.24. The topological polar surface area (TPSA) is 53.3 Å². The van der Waals surface area contributed by atoms with E-state index in [1.807, 2.05) is 24.5 Å². The lowest BCUT2D eigenvalue weighted by molar-refractivity contribution is -0.144. The van der Waals surface area contributed by atoms with Gasteiger partial charge in [-0.05, 0) is 24.8 Å². The summed E-state index contributed by atoms with van der Waals surface area (Å²) in [5.41, 5.74) is 1.61. The Morgan fingerprint density at radius 3 is 3.00 bits per heavy atom. The quantitative estimate of drug-likeness (QED) is 0.626. The number of thioether (sulfide) groups is 1. The molecule has 1 unspecified atom stereocenters. The molecule has 1 aromatic carbocycles. The van der Waals surface area contributed by atoms with Gasteiger partial charge in [0.2, 0.25) is 0 Å². The van der Waals surface area contributed by atoms with Crippen LogP contribution in [-0.2, 0) is 9.53 Å². The van der Waals surface area contributed by atoms with Crippen molar-refractivity contribution in [2.75, 3.05) is 31.4 Å². The highest BCUT2D eigenvalue weighted by Gasteiger charge is 2.30. The molecule has 5 heteroatoms. The summed E-state index contributed by atoms with van der Waals surface area (Å²) in [5, 5.41) is 9.33. The number of anilines is 1. The summed E-state index contributed by atoms with van der Waals surface area (Å²) < 4.78 is 4.79. The molecule has 1 fully saturated rings. The van der Waals surface area contributed by atoms with Gasteiger partial charge in [-0.15, -0.1) is 11.8 Å². The number of nitriles is 1. The van der Waals surface area contributed by atoms with Gasteiger partial charge in [0, 0.05) is 18.0 Å². The second-order valence-corrected chi connectivity index (χ2v) is 5.27. The number of methoxy groups -OCH3 is 1. The molecular weight excluding hydrogens is 260 g/mol. The van der Waals surface area contributed by atoms with Crippen LogP contribution in [0.2, 0.25) is 0 Å². The summed E-state index contributed by atoms with van der Waals surface area (Å²) in [5.74, 6) is -0.253. The fourth-order valence-electron chi connectivity index (χ4n) is 2.40. The lowest BCUT2D eigenvalue weighted by atomic mass is 10.1. The van der Waals surface area contributed by atoms with E-state index in [9.17, 15) is 10.1 Å². The van der Waals surface area contributed by atoms with Crippen LogP contribution >= 0.6 is 11.8 Å². The Morgan fingerprint density at radius 2 is 2.37 bits per heavy atom. The first-order valence-electron chi connectivity index (χ1n) is 6.11. The third-order valence-corrected chi connectivity index (χ3v) is 4.18. The zero-order chi connectivity index (χ0) is 13.8. The number of carbonyl (C=O) groups excluding carboxylic acids is 1. The van der Waals surface area contributed by atoms with Crippen molar-refractivity contribution in [3.8, 4) is 6.07 Å². The Balaban J connectivity index is 2.25. The van der Waals surface area contributed by atoms with Gasteiger partial charge in [0.15, 0.2) is 0 Å². The molecule has 0 aromatic heterocycles. The minimum absolute atomic E-state index is 0.0884. The van der Waals surface area contributed by atoms with Gasteiger partial charge in [-0.2, -0.15) is 5.26 Å². The Morgan fingerprint density at radius 1 is 1.58 bits per heavy atom. The van der Waals surface area contributed by atoms with Crippen molar-refractivity contribution in [3.05, 3.63) is 23.8 Å². The highest BCUT2D eigenvalue weighted by Crippen LogP contribution is 2.32. The van der Waals surface area contributed by atoms with Crippen LogP contribution < -0.4 is 4.90 Å². The number of benzene rings is 1. The number of ether oxygens (including phenoxy) is 1. The fourth-order valence-corrected chi connectivity index (χ4v) is 2.97. The predicted molar refractivity (Wildman–Crippen MR) is 75.3 cm³/mol. The van der Waals surface area contributed by atoms with E-state index in [0.29, 0.717) is 12.1 Å². The Bertz CT molecular complexity index is 525. The molecule has 0 aliphatic carbocycles. The maximum atomic E-state index is 11.6. The summed E-state index contributed by atoms with van der Waals surface area (Å²) in [4.78, 5) is 14.6. The summed E-state index contributed by atoms with van der Waals surface area (Å²) >= 11 is 1.56. The zero-order valence-corrected chi connectivity index (χ0v) is 11.9. The van der Waals surface area contributed by atoms with Crippen molar-refractivity contribution in [3.63, 3.8) is 0 Å². The fraction of sp³-hybridized carbons (Fsp3) is 0.429. The molecule has 0 bridgehead atoms. The van der Waals surface area contributed by atoms with E-state index in [1.165, 1.54) is 7.11 Å². The highest BCUT2D eigenvalue weighted by atomic mass is 32.2.